The van der Waals surface area contributed by atoms with Crippen molar-refractivity contribution in [3.8, 4) is 5.75 Å². The minimum absolute atomic E-state index is 0.0176. The van der Waals surface area contributed by atoms with Crippen LogP contribution in [0.15, 0.2) is 78.6 Å². The first-order valence-corrected chi connectivity index (χ1v) is 11.0. The van der Waals surface area contributed by atoms with Gasteiger partial charge in [0.25, 0.3) is 11.7 Å². The maximum Gasteiger partial charge on any atom is 0.295 e. The number of likely N-dealkylation sites (tertiary alicyclic amines) is 1. The zero-order valence-corrected chi connectivity index (χ0v) is 18.9. The van der Waals surface area contributed by atoms with Gasteiger partial charge in [-0.3, -0.25) is 14.6 Å². The Kier molecular flexibility index (Phi) is 6.72. The molecule has 0 radical (unpaired) electrons. The molecule has 1 amide bonds. The van der Waals surface area contributed by atoms with Crippen molar-refractivity contribution in [2.45, 2.75) is 26.4 Å². The zero-order chi connectivity index (χ0) is 24.2. The molecule has 4 rings (SSSR count). The minimum atomic E-state index is -0.837. The summed E-state index contributed by atoms with van der Waals surface area (Å²) in [6.07, 6.45) is 3.15. The Balaban J connectivity index is 1.73. The van der Waals surface area contributed by atoms with Crippen molar-refractivity contribution in [2.75, 3.05) is 6.61 Å². The summed E-state index contributed by atoms with van der Waals surface area (Å²) in [5.41, 5.74) is 1.62. The van der Waals surface area contributed by atoms with E-state index >= 15 is 0 Å². The average Bonchev–Trinajstić information content (AvgIpc) is 3.09. The predicted octanol–water partition coefficient (Wildman–Crippen LogP) is 4.88. The van der Waals surface area contributed by atoms with Crippen molar-refractivity contribution in [3.63, 3.8) is 0 Å². The van der Waals surface area contributed by atoms with Crippen LogP contribution in [0, 0.1) is 11.7 Å². The number of hydrogen-bond acceptors (Lipinski definition) is 5. The molecule has 0 aliphatic carbocycles. The molecule has 2 heterocycles. The number of carbonyl (C=O) groups is 2. The van der Waals surface area contributed by atoms with Crippen molar-refractivity contribution in [1.82, 2.24) is 9.88 Å². The molecule has 1 saturated heterocycles. The van der Waals surface area contributed by atoms with Gasteiger partial charge in [-0.15, -0.1) is 0 Å². The molecule has 1 aliphatic rings. The Bertz CT molecular complexity index is 1210. The Morgan fingerprint density at radius 3 is 2.41 bits per heavy atom. The smallest absolute Gasteiger partial charge is 0.295 e. The molecule has 1 N–H and O–H groups in total. The second-order valence-corrected chi connectivity index (χ2v) is 8.57. The van der Waals surface area contributed by atoms with Gasteiger partial charge >= 0.3 is 0 Å². The van der Waals surface area contributed by atoms with E-state index in [0.717, 1.165) is 0 Å². The molecule has 0 spiro atoms. The molecule has 0 saturated carbocycles. The van der Waals surface area contributed by atoms with Crippen LogP contribution in [0.2, 0.25) is 0 Å². The lowest BCUT2D eigenvalue weighted by molar-refractivity contribution is -0.140. The Labute approximate surface area is 197 Å². The number of amides is 1. The van der Waals surface area contributed by atoms with E-state index in [-0.39, 0.29) is 17.9 Å². The monoisotopic (exact) mass is 460 g/mol. The highest BCUT2D eigenvalue weighted by Crippen LogP contribution is 2.40. The Hall–Kier alpha value is -4.00. The summed E-state index contributed by atoms with van der Waals surface area (Å²) in [5, 5.41) is 11.1. The highest BCUT2D eigenvalue weighted by atomic mass is 19.1. The van der Waals surface area contributed by atoms with Gasteiger partial charge in [0.15, 0.2) is 0 Å². The number of benzene rings is 2. The van der Waals surface area contributed by atoms with Crippen molar-refractivity contribution in [1.29, 1.82) is 0 Å². The van der Waals surface area contributed by atoms with Crippen molar-refractivity contribution in [2.24, 2.45) is 5.92 Å². The van der Waals surface area contributed by atoms with Gasteiger partial charge < -0.3 is 14.7 Å². The van der Waals surface area contributed by atoms with Crippen molar-refractivity contribution < 1.29 is 23.8 Å². The SMILES string of the molecule is CC(C)COc1ccc(/C(O)=C2/C(=O)C(=O)N(Cc3ccc(F)cc3)C2c2cccnc2)cc1. The van der Waals surface area contributed by atoms with E-state index in [1.807, 2.05) is 13.8 Å². The molecule has 1 aromatic heterocycles. The van der Waals surface area contributed by atoms with Crippen LogP contribution in [0.3, 0.4) is 0 Å². The molecule has 7 heteroatoms. The lowest BCUT2D eigenvalue weighted by atomic mass is 9.96. The first-order valence-electron chi connectivity index (χ1n) is 11.0. The van der Waals surface area contributed by atoms with Gasteiger partial charge in [0.05, 0.1) is 18.2 Å². The summed E-state index contributed by atoms with van der Waals surface area (Å²) in [6.45, 7) is 4.72. The van der Waals surface area contributed by atoms with E-state index in [1.54, 1.807) is 60.9 Å². The number of halogens is 1. The lowest BCUT2D eigenvalue weighted by Gasteiger charge is -2.25. The zero-order valence-electron chi connectivity index (χ0n) is 18.9. The van der Waals surface area contributed by atoms with Crippen LogP contribution in [-0.4, -0.2) is 33.3 Å². The second-order valence-electron chi connectivity index (χ2n) is 8.57. The molecule has 174 valence electrons. The molecule has 1 aliphatic heterocycles. The van der Waals surface area contributed by atoms with Gasteiger partial charge in [-0.1, -0.05) is 32.0 Å². The third kappa shape index (κ3) is 4.83. The van der Waals surface area contributed by atoms with E-state index in [0.29, 0.717) is 35.0 Å². The van der Waals surface area contributed by atoms with Crippen LogP contribution in [0.1, 0.15) is 36.6 Å². The number of ketones is 1. The summed E-state index contributed by atoms with van der Waals surface area (Å²) < 4.78 is 19.0. The van der Waals surface area contributed by atoms with E-state index in [2.05, 4.69) is 4.98 Å². The Morgan fingerprint density at radius 1 is 1.09 bits per heavy atom. The van der Waals surface area contributed by atoms with E-state index in [1.165, 1.54) is 17.0 Å². The van der Waals surface area contributed by atoms with Crippen LogP contribution in [0.25, 0.3) is 5.76 Å². The minimum Gasteiger partial charge on any atom is -0.507 e. The second kappa shape index (κ2) is 9.87. The van der Waals surface area contributed by atoms with Gasteiger partial charge in [-0.05, 0) is 59.5 Å². The summed E-state index contributed by atoms with van der Waals surface area (Å²) in [5.74, 6) is -1.18. The van der Waals surface area contributed by atoms with Crippen LogP contribution in [-0.2, 0) is 16.1 Å². The van der Waals surface area contributed by atoms with Gasteiger partial charge in [-0.25, -0.2) is 4.39 Å². The van der Waals surface area contributed by atoms with Crippen molar-refractivity contribution in [3.05, 3.63) is 101 Å². The van der Waals surface area contributed by atoms with Gasteiger partial charge in [-0.2, -0.15) is 0 Å². The Morgan fingerprint density at radius 2 is 1.79 bits per heavy atom. The van der Waals surface area contributed by atoms with Crippen LogP contribution in [0.5, 0.6) is 5.75 Å². The number of rotatable bonds is 7. The molecule has 0 bridgehead atoms. The van der Waals surface area contributed by atoms with Gasteiger partial charge in [0.1, 0.15) is 17.3 Å². The fraction of sp³-hybridized carbons (Fsp3) is 0.222. The summed E-state index contributed by atoms with van der Waals surface area (Å²) in [4.78, 5) is 31.6. The number of carbonyl (C=O) groups excluding carboxylic acids is 2. The number of aliphatic hydroxyl groups excluding tert-OH is 1. The molecular formula is C27H25FN2O4. The van der Waals surface area contributed by atoms with Gasteiger partial charge in [0, 0.05) is 24.5 Å². The summed E-state index contributed by atoms with van der Waals surface area (Å²) in [6, 6.07) is 15.1. The maximum atomic E-state index is 13.4. The van der Waals surface area contributed by atoms with E-state index in [4.69, 9.17) is 4.74 Å². The fourth-order valence-electron chi connectivity index (χ4n) is 3.84. The van der Waals surface area contributed by atoms with E-state index < -0.39 is 23.5 Å². The maximum absolute atomic E-state index is 13.4. The number of nitrogens with zero attached hydrogens (tertiary/aromatic N) is 2. The summed E-state index contributed by atoms with van der Waals surface area (Å²) in [7, 11) is 0. The fourth-order valence-corrected chi connectivity index (χ4v) is 3.84. The molecular weight excluding hydrogens is 435 g/mol. The highest BCUT2D eigenvalue weighted by Gasteiger charge is 2.46. The molecule has 1 atom stereocenters. The van der Waals surface area contributed by atoms with Crippen LogP contribution >= 0.6 is 0 Å². The highest BCUT2D eigenvalue weighted by molar-refractivity contribution is 6.46. The summed E-state index contributed by atoms with van der Waals surface area (Å²) >= 11 is 0. The molecule has 34 heavy (non-hydrogen) atoms. The normalized spacial score (nSPS) is 17.4. The number of aromatic nitrogens is 1. The van der Waals surface area contributed by atoms with E-state index in [9.17, 15) is 19.1 Å². The third-order valence-electron chi connectivity index (χ3n) is 5.52. The lowest BCUT2D eigenvalue weighted by Crippen LogP contribution is -2.29. The number of pyridine rings is 1. The number of aliphatic hydroxyl groups is 1. The standard InChI is InChI=1S/C27H25FN2O4/c1-17(2)16-34-22-11-7-19(8-12-22)25(31)23-24(20-4-3-13-29-14-20)30(27(33)26(23)32)15-18-5-9-21(28)10-6-18/h3-14,17,24,31H,15-16H2,1-2H3/b25-23-. The van der Waals surface area contributed by atoms with Crippen LogP contribution < -0.4 is 4.74 Å². The molecule has 6 nitrogen and oxygen atoms in total. The predicted molar refractivity (Wildman–Crippen MR) is 125 cm³/mol. The molecule has 1 unspecified atom stereocenters. The quantitative estimate of drug-likeness (QED) is 0.309. The van der Waals surface area contributed by atoms with Gasteiger partial charge in [0.2, 0.25) is 0 Å². The number of ether oxygens (including phenoxy) is 1. The largest absolute Gasteiger partial charge is 0.507 e. The molecule has 3 aromatic rings. The first-order chi connectivity index (χ1) is 16.3. The van der Waals surface area contributed by atoms with Crippen LogP contribution in [0.4, 0.5) is 4.39 Å². The third-order valence-corrected chi connectivity index (χ3v) is 5.52. The van der Waals surface area contributed by atoms with Crippen molar-refractivity contribution >= 4 is 17.4 Å². The number of Topliss-reactive ketones (excluding diaryl/α,β-unsaturated/α-hetero) is 1. The first kappa shape index (κ1) is 23.2. The topological polar surface area (TPSA) is 79.7 Å². The molecule has 1 fully saturated rings. The average molecular weight is 461 g/mol. The number of hydrogen-bond donors (Lipinski definition) is 1. The molecule has 2 aromatic carbocycles.